The van der Waals surface area contributed by atoms with Gasteiger partial charge in [0.15, 0.2) is 0 Å². The van der Waals surface area contributed by atoms with Gasteiger partial charge in [-0.3, -0.25) is 0 Å². The van der Waals surface area contributed by atoms with Crippen LogP contribution >= 0.6 is 11.6 Å². The van der Waals surface area contributed by atoms with Crippen LogP contribution in [0.15, 0.2) is 72.8 Å². The van der Waals surface area contributed by atoms with E-state index in [1.807, 2.05) is 42.5 Å². The average Bonchev–Trinajstić information content (AvgIpc) is 2.49. The third-order valence-electron chi connectivity index (χ3n) is 3.08. The lowest BCUT2D eigenvalue weighted by Gasteiger charge is -2.08. The normalized spacial score (nSPS) is 10.4. The summed E-state index contributed by atoms with van der Waals surface area (Å²) >= 11 is 6.26. The minimum absolute atomic E-state index is 0.658. The zero-order valence-corrected chi connectivity index (χ0v) is 11.1. The molecule has 3 aromatic carbocycles. The molecule has 0 N–H and O–H groups in total. The number of hydrogen-bond acceptors (Lipinski definition) is 0. The molecule has 0 nitrogen and oxygen atoms in total. The van der Waals surface area contributed by atoms with Crippen molar-refractivity contribution in [1.29, 1.82) is 0 Å². The zero-order valence-electron chi connectivity index (χ0n) is 10.3. The smallest absolute Gasteiger partial charge is 0.0563 e. The van der Waals surface area contributed by atoms with E-state index in [1.165, 1.54) is 5.56 Å². The van der Waals surface area contributed by atoms with Crippen molar-refractivity contribution >= 4 is 11.6 Å². The number of benzene rings is 3. The molecule has 0 aromatic heterocycles. The summed E-state index contributed by atoms with van der Waals surface area (Å²) in [6.07, 6.45) is 0. The van der Waals surface area contributed by atoms with Crippen molar-refractivity contribution < 1.29 is 0 Å². The molecule has 3 rings (SSSR count). The highest BCUT2D eigenvalue weighted by molar-refractivity contribution is 6.33. The Hall–Kier alpha value is -2.05. The fourth-order valence-electron chi connectivity index (χ4n) is 2.10. The van der Waals surface area contributed by atoms with E-state index < -0.39 is 0 Å². The van der Waals surface area contributed by atoms with Crippen LogP contribution in [0.3, 0.4) is 0 Å². The van der Waals surface area contributed by atoms with Gasteiger partial charge in [-0.2, -0.15) is 0 Å². The number of halogens is 1. The van der Waals surface area contributed by atoms with Gasteiger partial charge in [0, 0.05) is 11.6 Å². The monoisotopic (exact) mass is 263 g/mol. The Balaban J connectivity index is 2.12. The van der Waals surface area contributed by atoms with Gasteiger partial charge in [-0.05, 0) is 28.8 Å². The molecule has 0 unspecified atom stereocenters. The fourth-order valence-corrected chi connectivity index (χ4v) is 2.32. The summed E-state index contributed by atoms with van der Waals surface area (Å²) in [5.74, 6) is 0. The summed E-state index contributed by atoms with van der Waals surface area (Å²) < 4.78 is 0. The maximum Gasteiger partial charge on any atom is 0.0563 e. The van der Waals surface area contributed by atoms with E-state index >= 15 is 0 Å². The van der Waals surface area contributed by atoms with Crippen LogP contribution in [-0.2, 0) is 0 Å². The molecule has 1 heteroatoms. The minimum atomic E-state index is 0.658. The van der Waals surface area contributed by atoms with Crippen molar-refractivity contribution in [3.8, 4) is 22.3 Å². The predicted molar refractivity (Wildman–Crippen MR) is 81.2 cm³/mol. The first-order valence-corrected chi connectivity index (χ1v) is 6.54. The van der Waals surface area contributed by atoms with Crippen molar-refractivity contribution in [2.75, 3.05) is 0 Å². The Labute approximate surface area is 118 Å². The van der Waals surface area contributed by atoms with Crippen LogP contribution in [0.5, 0.6) is 0 Å². The highest BCUT2D eigenvalue weighted by Crippen LogP contribution is 2.31. The summed E-state index contributed by atoms with van der Waals surface area (Å²) in [6.45, 7) is 0. The first-order chi connectivity index (χ1) is 9.34. The Morgan fingerprint density at radius 2 is 1.26 bits per heavy atom. The Kier molecular flexibility index (Phi) is 3.35. The molecule has 0 saturated heterocycles. The molecule has 0 amide bonds. The number of rotatable bonds is 2. The summed E-state index contributed by atoms with van der Waals surface area (Å²) in [6, 6.07) is 27.6. The van der Waals surface area contributed by atoms with E-state index in [2.05, 4.69) is 36.4 Å². The largest absolute Gasteiger partial charge is 0.0830 e. The third-order valence-corrected chi connectivity index (χ3v) is 3.40. The van der Waals surface area contributed by atoms with Gasteiger partial charge >= 0.3 is 0 Å². The van der Waals surface area contributed by atoms with Crippen LogP contribution in [-0.4, -0.2) is 0 Å². The van der Waals surface area contributed by atoms with E-state index in [0.29, 0.717) is 5.02 Å². The van der Waals surface area contributed by atoms with Gasteiger partial charge in [0.2, 0.25) is 0 Å². The van der Waals surface area contributed by atoms with Crippen molar-refractivity contribution in [2.45, 2.75) is 0 Å². The van der Waals surface area contributed by atoms with E-state index in [9.17, 15) is 0 Å². The number of hydrogen-bond donors (Lipinski definition) is 0. The van der Waals surface area contributed by atoms with Gasteiger partial charge < -0.3 is 0 Å². The predicted octanol–water partition coefficient (Wildman–Crippen LogP) is 5.47. The van der Waals surface area contributed by atoms with Crippen LogP contribution < -0.4 is 0 Å². The topological polar surface area (TPSA) is 0 Å². The van der Waals surface area contributed by atoms with E-state index in [0.717, 1.165) is 16.7 Å². The molecular formula is C18H12Cl. The lowest BCUT2D eigenvalue weighted by Crippen LogP contribution is -1.83. The summed E-state index contributed by atoms with van der Waals surface area (Å²) in [5, 5.41) is 0.658. The maximum atomic E-state index is 6.26. The Morgan fingerprint density at radius 1 is 0.684 bits per heavy atom. The molecular weight excluding hydrogens is 252 g/mol. The standard InChI is InChI=1S/C18H12Cl/c19-18-12-11-16(14-7-3-1-4-8-14)13-17(18)15-9-5-2-6-10-15/h1-11,13H. The molecule has 91 valence electrons. The van der Waals surface area contributed by atoms with Gasteiger partial charge in [0.1, 0.15) is 0 Å². The van der Waals surface area contributed by atoms with Gasteiger partial charge in [-0.25, -0.2) is 0 Å². The molecule has 19 heavy (non-hydrogen) atoms. The highest BCUT2D eigenvalue weighted by Gasteiger charge is 2.06. The fraction of sp³-hybridized carbons (Fsp3) is 0. The van der Waals surface area contributed by atoms with Crippen LogP contribution in [0.2, 0.25) is 5.02 Å². The summed E-state index contributed by atoms with van der Waals surface area (Å²) in [4.78, 5) is 0. The second-order valence-corrected chi connectivity index (χ2v) is 4.73. The molecule has 0 fully saturated rings. The van der Waals surface area contributed by atoms with Gasteiger partial charge in [-0.1, -0.05) is 72.3 Å². The van der Waals surface area contributed by atoms with E-state index in [-0.39, 0.29) is 0 Å². The first-order valence-electron chi connectivity index (χ1n) is 6.17. The van der Waals surface area contributed by atoms with Crippen molar-refractivity contribution in [3.05, 3.63) is 83.9 Å². The van der Waals surface area contributed by atoms with Crippen LogP contribution in [0.4, 0.5) is 0 Å². The molecule has 0 spiro atoms. The second-order valence-electron chi connectivity index (χ2n) is 4.35. The second kappa shape index (κ2) is 5.29. The molecule has 0 bridgehead atoms. The van der Waals surface area contributed by atoms with E-state index in [4.69, 9.17) is 11.6 Å². The van der Waals surface area contributed by atoms with Gasteiger partial charge in [0.25, 0.3) is 0 Å². The zero-order chi connectivity index (χ0) is 13.1. The van der Waals surface area contributed by atoms with Crippen LogP contribution in [0, 0.1) is 6.07 Å². The highest BCUT2D eigenvalue weighted by atomic mass is 35.5. The maximum absolute atomic E-state index is 6.26. The van der Waals surface area contributed by atoms with Gasteiger partial charge in [0.05, 0.1) is 5.02 Å². The van der Waals surface area contributed by atoms with Crippen LogP contribution in [0.25, 0.3) is 22.3 Å². The van der Waals surface area contributed by atoms with E-state index in [1.54, 1.807) is 0 Å². The SMILES string of the molecule is Clc1[c]cc(-c2ccccc2)cc1-c1ccccc1. The first kappa shape index (κ1) is 12.0. The van der Waals surface area contributed by atoms with Crippen molar-refractivity contribution in [1.82, 2.24) is 0 Å². The third kappa shape index (κ3) is 2.54. The lowest BCUT2D eigenvalue weighted by molar-refractivity contribution is 1.58. The molecule has 0 atom stereocenters. The molecule has 1 radical (unpaired) electrons. The Bertz CT molecular complexity index is 673. The molecule has 0 aliphatic carbocycles. The van der Waals surface area contributed by atoms with Crippen molar-refractivity contribution in [3.63, 3.8) is 0 Å². The van der Waals surface area contributed by atoms with Crippen molar-refractivity contribution in [2.24, 2.45) is 0 Å². The lowest BCUT2D eigenvalue weighted by atomic mass is 9.99. The summed E-state index contributed by atoms with van der Waals surface area (Å²) in [7, 11) is 0. The Morgan fingerprint density at radius 3 is 1.89 bits per heavy atom. The minimum Gasteiger partial charge on any atom is -0.0830 e. The molecule has 0 heterocycles. The molecule has 3 aromatic rings. The molecule has 0 aliphatic heterocycles. The molecule has 0 aliphatic rings. The average molecular weight is 264 g/mol. The molecule has 0 saturated carbocycles. The quantitative estimate of drug-likeness (QED) is 0.575. The van der Waals surface area contributed by atoms with Crippen LogP contribution in [0.1, 0.15) is 0 Å². The summed E-state index contributed by atoms with van der Waals surface area (Å²) in [5.41, 5.74) is 4.43. The van der Waals surface area contributed by atoms with Gasteiger partial charge in [-0.15, -0.1) is 0 Å².